The molecule has 0 radical (unpaired) electrons. The average molecular weight is 640 g/mol. The van der Waals surface area contributed by atoms with Crippen molar-refractivity contribution in [2.75, 3.05) is 0 Å². The van der Waals surface area contributed by atoms with Crippen LogP contribution in [-0.4, -0.2) is 3.21 Å². The van der Waals surface area contributed by atoms with Gasteiger partial charge in [0.25, 0.3) is 0 Å². The predicted octanol–water partition coefficient (Wildman–Crippen LogP) is 10.8. The predicted molar refractivity (Wildman–Crippen MR) is 181 cm³/mol. The number of hydrogen-bond acceptors (Lipinski definition) is 0. The molecule has 0 spiro atoms. The van der Waals surface area contributed by atoms with Gasteiger partial charge in [0.2, 0.25) is 0 Å². The monoisotopic (exact) mass is 638 g/mol. The van der Waals surface area contributed by atoms with Crippen molar-refractivity contribution in [1.82, 2.24) is 0 Å². The summed E-state index contributed by atoms with van der Waals surface area (Å²) in [7, 11) is 0. The van der Waals surface area contributed by atoms with Crippen LogP contribution in [0.1, 0.15) is 135 Å². The summed E-state index contributed by atoms with van der Waals surface area (Å²) in [5.41, 5.74) is 9.83. The van der Waals surface area contributed by atoms with Gasteiger partial charge in [0, 0.05) is 0 Å². The normalized spacial score (nSPS) is 20.5. The molecule has 42 heavy (non-hydrogen) atoms. The molecule has 0 nitrogen and oxygen atoms in total. The Morgan fingerprint density at radius 1 is 0.762 bits per heavy atom. The summed E-state index contributed by atoms with van der Waals surface area (Å²) in [6, 6.07) is 12.5. The van der Waals surface area contributed by atoms with E-state index in [1.807, 2.05) is 6.55 Å². The van der Waals surface area contributed by atoms with Gasteiger partial charge in [-0.15, -0.1) is 0 Å². The molecular formula is C41H56Zr. The molecule has 2 unspecified atom stereocenters. The molecule has 0 heterocycles. The topological polar surface area (TPSA) is 0 Å². The van der Waals surface area contributed by atoms with E-state index in [4.69, 9.17) is 0 Å². The fourth-order valence-corrected chi connectivity index (χ4v) is 19.4. The molecule has 2 saturated carbocycles. The van der Waals surface area contributed by atoms with Crippen LogP contribution in [0.3, 0.4) is 0 Å². The second-order valence-electron chi connectivity index (χ2n) is 16.4. The summed E-state index contributed by atoms with van der Waals surface area (Å²) < 4.78 is 5.83. The molecule has 0 bridgehead atoms. The van der Waals surface area contributed by atoms with Crippen LogP contribution in [0.25, 0.3) is 11.1 Å². The first-order valence-corrected chi connectivity index (χ1v) is 21.0. The Morgan fingerprint density at radius 2 is 1.36 bits per heavy atom. The molecule has 2 aromatic rings. The summed E-state index contributed by atoms with van der Waals surface area (Å²) in [6.45, 7) is 19.9. The van der Waals surface area contributed by atoms with Gasteiger partial charge >= 0.3 is 267 Å². The van der Waals surface area contributed by atoms with Gasteiger partial charge < -0.3 is 0 Å². The molecule has 0 saturated heterocycles. The standard InChI is InChI=1S/C21H25.C15H26.C5H5.Zr/c1-20(2,3)16-7-9-18-14(12-16)11-15-13-17(21(4,5)6)8-10-19(15)18;1-12(14-7-3-4-8-14)11-13(2)15-9-5-6-10-15;1-2-4-5-3-1;/h7-10,12H,11H2,1-6H3;12-15H,3-10H2,1-2H3;1-3H,4H2;. The molecule has 4 aliphatic carbocycles. The first kappa shape index (κ1) is 30.7. The molecule has 2 fully saturated rings. The van der Waals surface area contributed by atoms with Crippen LogP contribution in [0.5, 0.6) is 0 Å². The Balaban J connectivity index is 1.63. The Labute approximate surface area is 265 Å². The van der Waals surface area contributed by atoms with Crippen LogP contribution in [0, 0.1) is 23.7 Å². The van der Waals surface area contributed by atoms with Gasteiger partial charge in [-0.25, -0.2) is 0 Å². The molecule has 2 aromatic carbocycles. The second kappa shape index (κ2) is 11.9. The zero-order valence-corrected chi connectivity index (χ0v) is 30.5. The van der Waals surface area contributed by atoms with Crippen molar-refractivity contribution < 1.29 is 21.3 Å². The van der Waals surface area contributed by atoms with E-state index in [-0.39, 0.29) is 10.8 Å². The maximum absolute atomic E-state index is 2.70. The van der Waals surface area contributed by atoms with Crippen LogP contribution in [-0.2, 0) is 38.5 Å². The zero-order chi connectivity index (χ0) is 29.8. The van der Waals surface area contributed by atoms with Crippen LogP contribution < -0.4 is 3.27 Å². The van der Waals surface area contributed by atoms with Gasteiger partial charge in [0.1, 0.15) is 0 Å². The quantitative estimate of drug-likeness (QED) is 0.252. The fraction of sp³-hybridized carbons (Fsp3) is 0.585. The van der Waals surface area contributed by atoms with Crippen LogP contribution in [0.2, 0.25) is 0 Å². The summed E-state index contributed by atoms with van der Waals surface area (Å²) in [5.74, 6) is 3.32. The van der Waals surface area contributed by atoms with Crippen LogP contribution >= 0.6 is 0 Å². The summed E-state index contributed by atoms with van der Waals surface area (Å²) in [4.78, 5) is 0. The third kappa shape index (κ3) is 5.75. The van der Waals surface area contributed by atoms with Gasteiger partial charge in [-0.3, -0.25) is 0 Å². The maximum atomic E-state index is 2.70. The summed E-state index contributed by atoms with van der Waals surface area (Å²) in [6.07, 6.45) is 21.4. The fourth-order valence-electron chi connectivity index (χ4n) is 9.07. The number of rotatable bonds is 6. The van der Waals surface area contributed by atoms with E-state index in [9.17, 15) is 0 Å². The average Bonchev–Trinajstić information content (AvgIpc) is 3.76. The Kier molecular flexibility index (Phi) is 8.68. The first-order chi connectivity index (χ1) is 19.9. The molecule has 0 N–H and O–H groups in total. The molecule has 224 valence electrons. The van der Waals surface area contributed by atoms with Gasteiger partial charge in [0.05, 0.1) is 0 Å². The van der Waals surface area contributed by atoms with Gasteiger partial charge in [-0.05, 0) is 0 Å². The van der Waals surface area contributed by atoms with Crippen molar-refractivity contribution in [1.29, 1.82) is 0 Å². The van der Waals surface area contributed by atoms with Crippen molar-refractivity contribution in [3.8, 4) is 11.1 Å². The van der Waals surface area contributed by atoms with Gasteiger partial charge in [-0.2, -0.15) is 0 Å². The third-order valence-corrected chi connectivity index (χ3v) is 20.4. The molecule has 0 aromatic heterocycles. The van der Waals surface area contributed by atoms with Crippen molar-refractivity contribution in [2.24, 2.45) is 23.7 Å². The van der Waals surface area contributed by atoms with E-state index in [0.717, 1.165) is 30.1 Å². The van der Waals surface area contributed by atoms with E-state index in [1.165, 1.54) is 68.9 Å². The van der Waals surface area contributed by atoms with Gasteiger partial charge in [0.15, 0.2) is 0 Å². The number of fused-ring (bicyclic) bond motifs is 3. The number of benzene rings is 2. The summed E-state index contributed by atoms with van der Waals surface area (Å²) in [5, 5.41) is 0. The Bertz CT molecular complexity index is 1400. The SMILES string of the molecule is CC([C](C(C)C1CCCC1)=[Zr]([C]1=CC=CC1)[c]1c(C(C)(C)C)ccc2c1Cc1cc(C(C)(C)C)ccc1-2)C1CCCC1. The number of allylic oxidation sites excluding steroid dienone is 4. The molecule has 2 atom stereocenters. The molecule has 0 aliphatic heterocycles. The molecule has 0 amide bonds. The van der Waals surface area contributed by atoms with Gasteiger partial charge in [-0.1, -0.05) is 0 Å². The van der Waals surface area contributed by atoms with Crippen molar-refractivity contribution >= 4 is 6.48 Å². The molecule has 6 rings (SSSR count). The van der Waals surface area contributed by atoms with E-state index < -0.39 is 21.3 Å². The third-order valence-electron chi connectivity index (χ3n) is 11.6. The second-order valence-corrected chi connectivity index (χ2v) is 22.5. The zero-order valence-electron chi connectivity index (χ0n) is 28.0. The van der Waals surface area contributed by atoms with Crippen LogP contribution in [0.15, 0.2) is 51.8 Å². The number of hydrogen-bond donors (Lipinski definition) is 0. The van der Waals surface area contributed by atoms with E-state index in [0.29, 0.717) is 0 Å². The first-order valence-electron chi connectivity index (χ1n) is 17.4. The molecular weight excluding hydrogens is 584 g/mol. The van der Waals surface area contributed by atoms with Crippen molar-refractivity contribution in [3.05, 3.63) is 74.1 Å². The van der Waals surface area contributed by atoms with E-state index in [2.05, 4.69) is 107 Å². The molecule has 4 aliphatic rings. The Morgan fingerprint density at radius 3 is 1.88 bits per heavy atom. The van der Waals surface area contributed by atoms with Crippen molar-refractivity contribution in [3.63, 3.8) is 0 Å². The van der Waals surface area contributed by atoms with Crippen LogP contribution in [0.4, 0.5) is 0 Å². The van der Waals surface area contributed by atoms with E-state index >= 15 is 0 Å². The Hall–Kier alpha value is -1.33. The minimum absolute atomic E-state index is 0.145. The van der Waals surface area contributed by atoms with E-state index in [1.54, 1.807) is 22.3 Å². The summed E-state index contributed by atoms with van der Waals surface area (Å²) >= 11 is -2.49. The minimum atomic E-state index is -2.49. The molecule has 1 heteroatoms. The van der Waals surface area contributed by atoms with Crippen molar-refractivity contribution in [2.45, 2.75) is 130 Å².